The fraction of sp³-hybridized carbons (Fsp3) is 0.556. The van der Waals surface area contributed by atoms with Gasteiger partial charge in [0.1, 0.15) is 0 Å². The molecule has 0 aromatic heterocycles. The van der Waals surface area contributed by atoms with Crippen molar-refractivity contribution < 1.29 is 18.3 Å². The molecule has 4 nitrogen and oxygen atoms in total. The molecule has 0 amide bonds. The van der Waals surface area contributed by atoms with Crippen LogP contribution in [-0.2, 0) is 6.54 Å². The van der Waals surface area contributed by atoms with E-state index in [4.69, 9.17) is 4.74 Å². The molecule has 6 heteroatoms. The summed E-state index contributed by atoms with van der Waals surface area (Å²) in [5.74, 6) is 0.384. The largest absolute Gasteiger partial charge is 0.493 e. The van der Waals surface area contributed by atoms with E-state index in [2.05, 4.69) is 28.5 Å². The molecular formula is C18H26F2N2O2. The van der Waals surface area contributed by atoms with Crippen molar-refractivity contribution in [1.82, 2.24) is 10.2 Å². The first-order valence-corrected chi connectivity index (χ1v) is 8.19. The Kier molecular flexibility index (Phi) is 6.99. The molecule has 1 saturated heterocycles. The van der Waals surface area contributed by atoms with Crippen molar-refractivity contribution in [2.45, 2.75) is 39.0 Å². The summed E-state index contributed by atoms with van der Waals surface area (Å²) in [5, 5.41) is 3.53. The molecule has 0 spiro atoms. The Balaban J connectivity index is 1.83. The summed E-state index contributed by atoms with van der Waals surface area (Å²) in [6.45, 7) is 6.93. The first-order valence-electron chi connectivity index (χ1n) is 8.19. The zero-order valence-electron chi connectivity index (χ0n) is 14.4. The van der Waals surface area contributed by atoms with Gasteiger partial charge in [-0.3, -0.25) is 4.90 Å². The predicted octanol–water partition coefficient (Wildman–Crippen LogP) is 3.43. The van der Waals surface area contributed by atoms with E-state index in [1.54, 1.807) is 12.1 Å². The highest BCUT2D eigenvalue weighted by molar-refractivity contribution is 5.43. The van der Waals surface area contributed by atoms with Crippen LogP contribution < -0.4 is 14.8 Å². The van der Waals surface area contributed by atoms with E-state index < -0.39 is 6.61 Å². The second-order valence-corrected chi connectivity index (χ2v) is 6.25. The van der Waals surface area contributed by atoms with Crippen molar-refractivity contribution in [3.8, 4) is 11.5 Å². The minimum atomic E-state index is -2.85. The van der Waals surface area contributed by atoms with Gasteiger partial charge in [0.05, 0.1) is 7.11 Å². The average Bonchev–Trinajstić information content (AvgIpc) is 2.54. The maximum atomic E-state index is 12.3. The smallest absolute Gasteiger partial charge is 0.387 e. The van der Waals surface area contributed by atoms with E-state index in [1.807, 2.05) is 0 Å². The van der Waals surface area contributed by atoms with Gasteiger partial charge in [-0.05, 0) is 50.6 Å². The van der Waals surface area contributed by atoms with Crippen LogP contribution in [0.25, 0.3) is 0 Å². The topological polar surface area (TPSA) is 33.7 Å². The molecule has 24 heavy (non-hydrogen) atoms. The molecule has 1 N–H and O–H groups in total. The highest BCUT2D eigenvalue weighted by Crippen LogP contribution is 2.29. The third kappa shape index (κ3) is 5.76. The molecular weight excluding hydrogens is 314 g/mol. The molecule has 1 aliphatic heterocycles. The van der Waals surface area contributed by atoms with Gasteiger partial charge in [-0.2, -0.15) is 8.78 Å². The Labute approximate surface area is 142 Å². The number of nitrogens with zero attached hydrogens (tertiary/aromatic N) is 1. The number of nitrogens with one attached hydrogen (secondary N) is 1. The first kappa shape index (κ1) is 18.7. The molecule has 134 valence electrons. The molecule has 0 unspecified atom stereocenters. The van der Waals surface area contributed by atoms with Gasteiger partial charge in [-0.15, -0.1) is 0 Å². The van der Waals surface area contributed by atoms with E-state index in [1.165, 1.54) is 18.7 Å². The van der Waals surface area contributed by atoms with Crippen LogP contribution in [0.4, 0.5) is 8.78 Å². The van der Waals surface area contributed by atoms with Gasteiger partial charge in [0.25, 0.3) is 0 Å². The van der Waals surface area contributed by atoms with Crippen molar-refractivity contribution in [2.75, 3.05) is 26.7 Å². The highest BCUT2D eigenvalue weighted by atomic mass is 19.3. The molecule has 1 aromatic carbocycles. The SMILES string of the molecule is C=C(C)CN1CCC(NCc2ccc(OC(F)F)c(OC)c2)CC1. The summed E-state index contributed by atoms with van der Waals surface area (Å²) < 4.78 is 34.2. The summed E-state index contributed by atoms with van der Waals surface area (Å²) in [5.41, 5.74) is 2.18. The Bertz CT molecular complexity index is 544. The Morgan fingerprint density at radius 1 is 1.33 bits per heavy atom. The van der Waals surface area contributed by atoms with E-state index in [0.29, 0.717) is 18.3 Å². The second-order valence-electron chi connectivity index (χ2n) is 6.25. The zero-order valence-corrected chi connectivity index (χ0v) is 14.4. The standard InChI is InChI=1S/C18H26F2N2O2/c1-13(2)12-22-8-6-15(7-9-22)21-11-14-4-5-16(24-18(19)20)17(10-14)23-3/h4-5,10,15,18,21H,1,6-9,11-12H2,2-3H3. The molecule has 1 aliphatic rings. The van der Waals surface area contributed by atoms with Crippen molar-refractivity contribution in [2.24, 2.45) is 0 Å². The summed E-state index contributed by atoms with van der Waals surface area (Å²) in [6, 6.07) is 5.51. The molecule has 1 aromatic rings. The van der Waals surface area contributed by atoms with Crippen LogP contribution in [0.5, 0.6) is 11.5 Å². The lowest BCUT2D eigenvalue weighted by molar-refractivity contribution is -0.0512. The lowest BCUT2D eigenvalue weighted by Gasteiger charge is -2.32. The number of hydrogen-bond donors (Lipinski definition) is 1. The number of methoxy groups -OCH3 is 1. The third-order valence-corrected chi connectivity index (χ3v) is 4.12. The molecule has 1 heterocycles. The van der Waals surface area contributed by atoms with Gasteiger partial charge in [-0.1, -0.05) is 18.2 Å². The highest BCUT2D eigenvalue weighted by Gasteiger charge is 2.18. The van der Waals surface area contributed by atoms with Gasteiger partial charge < -0.3 is 14.8 Å². The molecule has 0 bridgehead atoms. The van der Waals surface area contributed by atoms with Crippen molar-refractivity contribution in [3.63, 3.8) is 0 Å². The molecule has 1 fully saturated rings. The zero-order chi connectivity index (χ0) is 17.5. The van der Waals surface area contributed by atoms with Crippen LogP contribution in [-0.4, -0.2) is 44.3 Å². The Morgan fingerprint density at radius 2 is 2.04 bits per heavy atom. The quantitative estimate of drug-likeness (QED) is 0.735. The van der Waals surface area contributed by atoms with E-state index >= 15 is 0 Å². The fourth-order valence-electron chi connectivity index (χ4n) is 2.95. The minimum absolute atomic E-state index is 0.0596. The lowest BCUT2D eigenvalue weighted by Crippen LogP contribution is -2.42. The van der Waals surface area contributed by atoms with Gasteiger partial charge in [0.15, 0.2) is 11.5 Å². The summed E-state index contributed by atoms with van der Waals surface area (Å²) in [6.07, 6.45) is 2.19. The maximum absolute atomic E-state index is 12.3. The van der Waals surface area contributed by atoms with E-state index in [9.17, 15) is 8.78 Å². The third-order valence-electron chi connectivity index (χ3n) is 4.12. The number of benzene rings is 1. The van der Waals surface area contributed by atoms with Crippen molar-refractivity contribution in [3.05, 3.63) is 35.9 Å². The first-order chi connectivity index (χ1) is 11.5. The summed E-state index contributed by atoms with van der Waals surface area (Å²) in [4.78, 5) is 2.42. The van der Waals surface area contributed by atoms with Crippen LogP contribution in [0.3, 0.4) is 0 Å². The van der Waals surface area contributed by atoms with Crippen LogP contribution >= 0.6 is 0 Å². The van der Waals surface area contributed by atoms with Crippen molar-refractivity contribution >= 4 is 0 Å². The molecule has 0 radical (unpaired) electrons. The maximum Gasteiger partial charge on any atom is 0.387 e. The predicted molar refractivity (Wildman–Crippen MR) is 90.7 cm³/mol. The van der Waals surface area contributed by atoms with Gasteiger partial charge in [0, 0.05) is 19.1 Å². The number of likely N-dealkylation sites (tertiary alicyclic amines) is 1. The van der Waals surface area contributed by atoms with Crippen LogP contribution in [0.2, 0.25) is 0 Å². The molecule has 0 saturated carbocycles. The van der Waals surface area contributed by atoms with E-state index in [0.717, 1.165) is 38.0 Å². The molecule has 0 atom stereocenters. The Hall–Kier alpha value is -1.66. The monoisotopic (exact) mass is 340 g/mol. The lowest BCUT2D eigenvalue weighted by atomic mass is 10.0. The van der Waals surface area contributed by atoms with Crippen LogP contribution in [0.1, 0.15) is 25.3 Å². The Morgan fingerprint density at radius 3 is 2.62 bits per heavy atom. The van der Waals surface area contributed by atoms with Gasteiger partial charge in [0.2, 0.25) is 0 Å². The minimum Gasteiger partial charge on any atom is -0.493 e. The number of ether oxygens (including phenoxy) is 2. The fourth-order valence-corrected chi connectivity index (χ4v) is 2.95. The summed E-state index contributed by atoms with van der Waals surface area (Å²) >= 11 is 0. The summed E-state index contributed by atoms with van der Waals surface area (Å²) in [7, 11) is 1.45. The average molecular weight is 340 g/mol. The number of piperidine rings is 1. The normalized spacial score (nSPS) is 16.4. The number of hydrogen-bond acceptors (Lipinski definition) is 4. The number of halogens is 2. The number of rotatable bonds is 8. The van der Waals surface area contributed by atoms with E-state index in [-0.39, 0.29) is 5.75 Å². The van der Waals surface area contributed by atoms with Crippen LogP contribution in [0.15, 0.2) is 30.4 Å². The van der Waals surface area contributed by atoms with Gasteiger partial charge >= 0.3 is 6.61 Å². The molecule has 2 rings (SSSR count). The second kappa shape index (κ2) is 8.99. The van der Waals surface area contributed by atoms with Gasteiger partial charge in [-0.25, -0.2) is 0 Å². The van der Waals surface area contributed by atoms with Crippen LogP contribution in [0, 0.1) is 0 Å². The van der Waals surface area contributed by atoms with Crippen molar-refractivity contribution in [1.29, 1.82) is 0 Å². The number of alkyl halides is 2. The molecule has 0 aliphatic carbocycles.